The van der Waals surface area contributed by atoms with E-state index in [4.69, 9.17) is 4.74 Å². The molecular weight excluding hydrogens is 277 g/mol. The molecule has 108 valence electrons. The van der Waals surface area contributed by atoms with Crippen LogP contribution in [0.3, 0.4) is 0 Å². The highest BCUT2D eigenvalue weighted by atomic mass is 19.4. The van der Waals surface area contributed by atoms with Crippen LogP contribution in [0.2, 0.25) is 0 Å². The Kier molecular flexibility index (Phi) is 3.67. The SMILES string of the molecule is COCCn1c(=O)c(=O)[nH]c2cc(C(F)(F)F)ccc21. The van der Waals surface area contributed by atoms with Crippen molar-refractivity contribution in [2.24, 2.45) is 0 Å². The Morgan fingerprint density at radius 3 is 2.60 bits per heavy atom. The Bertz CT molecular complexity index is 746. The van der Waals surface area contributed by atoms with Crippen molar-refractivity contribution in [3.8, 4) is 0 Å². The third-order valence-electron chi connectivity index (χ3n) is 2.82. The first-order valence-corrected chi connectivity index (χ1v) is 5.67. The van der Waals surface area contributed by atoms with Gasteiger partial charge in [-0.1, -0.05) is 0 Å². The summed E-state index contributed by atoms with van der Waals surface area (Å²) in [5.74, 6) is 0. The molecule has 0 amide bonds. The molecule has 0 radical (unpaired) electrons. The molecule has 1 aromatic heterocycles. The van der Waals surface area contributed by atoms with Crippen LogP contribution in [0.25, 0.3) is 11.0 Å². The third-order valence-corrected chi connectivity index (χ3v) is 2.82. The second-order valence-electron chi connectivity index (χ2n) is 4.13. The summed E-state index contributed by atoms with van der Waals surface area (Å²) in [5.41, 5.74) is -2.50. The van der Waals surface area contributed by atoms with Crippen LogP contribution in [-0.4, -0.2) is 23.3 Å². The molecular formula is C12H11F3N2O3. The van der Waals surface area contributed by atoms with Gasteiger partial charge in [0.15, 0.2) is 0 Å². The van der Waals surface area contributed by atoms with Gasteiger partial charge in [-0.25, -0.2) is 0 Å². The summed E-state index contributed by atoms with van der Waals surface area (Å²) in [6.45, 7) is 0.251. The van der Waals surface area contributed by atoms with Crippen molar-refractivity contribution in [2.75, 3.05) is 13.7 Å². The molecule has 0 unspecified atom stereocenters. The highest BCUT2D eigenvalue weighted by Crippen LogP contribution is 2.30. The first-order valence-electron chi connectivity index (χ1n) is 5.67. The van der Waals surface area contributed by atoms with Gasteiger partial charge in [-0.05, 0) is 18.2 Å². The highest BCUT2D eigenvalue weighted by Gasteiger charge is 2.30. The van der Waals surface area contributed by atoms with Crippen molar-refractivity contribution in [2.45, 2.75) is 12.7 Å². The predicted octanol–water partition coefficient (Wildman–Crippen LogP) is 1.36. The van der Waals surface area contributed by atoms with E-state index in [0.29, 0.717) is 0 Å². The number of rotatable bonds is 3. The normalized spacial score (nSPS) is 12.0. The molecule has 0 aliphatic rings. The Morgan fingerprint density at radius 2 is 2.00 bits per heavy atom. The van der Waals surface area contributed by atoms with Crippen molar-refractivity contribution in [1.82, 2.24) is 9.55 Å². The van der Waals surface area contributed by atoms with E-state index in [1.165, 1.54) is 7.11 Å². The van der Waals surface area contributed by atoms with Crippen molar-refractivity contribution in [3.05, 3.63) is 44.5 Å². The van der Waals surface area contributed by atoms with Crippen molar-refractivity contribution < 1.29 is 17.9 Å². The molecule has 20 heavy (non-hydrogen) atoms. The third kappa shape index (κ3) is 2.60. The van der Waals surface area contributed by atoms with Gasteiger partial charge in [0.1, 0.15) is 0 Å². The van der Waals surface area contributed by atoms with Gasteiger partial charge in [0.25, 0.3) is 0 Å². The van der Waals surface area contributed by atoms with Crippen molar-refractivity contribution in [1.29, 1.82) is 0 Å². The summed E-state index contributed by atoms with van der Waals surface area (Å²) in [6, 6.07) is 2.83. The standard InChI is InChI=1S/C12H11F3N2O3/c1-20-5-4-17-9-3-2-7(12(13,14)15)6-8(9)16-10(18)11(17)19/h2-3,6H,4-5H2,1H3,(H,16,18). The van der Waals surface area contributed by atoms with Gasteiger partial charge in [0.2, 0.25) is 0 Å². The summed E-state index contributed by atoms with van der Waals surface area (Å²) in [4.78, 5) is 25.3. The minimum absolute atomic E-state index is 0.0412. The number of aromatic amines is 1. The Balaban J connectivity index is 2.70. The number of hydrogen-bond acceptors (Lipinski definition) is 3. The zero-order chi connectivity index (χ0) is 14.9. The average molecular weight is 288 g/mol. The van der Waals surface area contributed by atoms with Gasteiger partial charge in [-0.3, -0.25) is 14.2 Å². The summed E-state index contributed by atoms with van der Waals surface area (Å²) in [6.07, 6.45) is -4.52. The Morgan fingerprint density at radius 1 is 1.30 bits per heavy atom. The fraction of sp³-hybridized carbons (Fsp3) is 0.333. The maximum absolute atomic E-state index is 12.6. The molecule has 0 spiro atoms. The van der Waals surface area contributed by atoms with Crippen LogP contribution in [0.5, 0.6) is 0 Å². The lowest BCUT2D eigenvalue weighted by Gasteiger charge is -2.11. The Hall–Kier alpha value is -2.09. The van der Waals surface area contributed by atoms with E-state index in [2.05, 4.69) is 4.98 Å². The summed E-state index contributed by atoms with van der Waals surface area (Å²) >= 11 is 0. The molecule has 0 aliphatic carbocycles. The second kappa shape index (κ2) is 5.12. The molecule has 0 aliphatic heterocycles. The van der Waals surface area contributed by atoms with Crippen LogP contribution >= 0.6 is 0 Å². The number of H-pyrrole nitrogens is 1. The topological polar surface area (TPSA) is 64.1 Å². The predicted molar refractivity (Wildman–Crippen MR) is 65.7 cm³/mol. The maximum atomic E-state index is 12.6. The van der Waals surface area contributed by atoms with Crippen LogP contribution in [0, 0.1) is 0 Å². The number of hydrogen-bond donors (Lipinski definition) is 1. The van der Waals surface area contributed by atoms with Gasteiger partial charge in [0.05, 0.1) is 23.2 Å². The number of methoxy groups -OCH3 is 1. The van der Waals surface area contributed by atoms with Gasteiger partial charge in [-0.15, -0.1) is 0 Å². The second-order valence-corrected chi connectivity index (χ2v) is 4.13. The van der Waals surface area contributed by atoms with Gasteiger partial charge >= 0.3 is 17.3 Å². The molecule has 0 bridgehead atoms. The zero-order valence-electron chi connectivity index (χ0n) is 10.5. The largest absolute Gasteiger partial charge is 0.416 e. The van der Waals surface area contributed by atoms with E-state index in [9.17, 15) is 22.8 Å². The number of ether oxygens (including phenoxy) is 1. The quantitative estimate of drug-likeness (QED) is 0.867. The lowest BCUT2D eigenvalue weighted by atomic mass is 10.2. The number of benzene rings is 1. The van der Waals surface area contributed by atoms with Gasteiger partial charge in [0, 0.05) is 13.7 Å². The molecule has 0 fully saturated rings. The molecule has 1 aromatic carbocycles. The lowest BCUT2D eigenvalue weighted by Crippen LogP contribution is -2.37. The lowest BCUT2D eigenvalue weighted by molar-refractivity contribution is -0.137. The number of aromatic nitrogens is 2. The number of nitrogens with one attached hydrogen (secondary N) is 1. The van der Waals surface area contributed by atoms with Crippen LogP contribution in [-0.2, 0) is 17.5 Å². The van der Waals surface area contributed by atoms with Gasteiger partial charge < -0.3 is 9.72 Å². The van der Waals surface area contributed by atoms with Crippen LogP contribution in [0.1, 0.15) is 5.56 Å². The van der Waals surface area contributed by atoms with Crippen LogP contribution in [0.15, 0.2) is 27.8 Å². The molecule has 5 nitrogen and oxygen atoms in total. The highest BCUT2D eigenvalue weighted by molar-refractivity contribution is 5.75. The monoisotopic (exact) mass is 288 g/mol. The number of alkyl halides is 3. The fourth-order valence-electron chi connectivity index (χ4n) is 1.86. The number of fused-ring (bicyclic) bond motifs is 1. The molecule has 0 atom stereocenters. The van der Waals surface area contributed by atoms with E-state index in [1.54, 1.807) is 0 Å². The van der Waals surface area contributed by atoms with Gasteiger partial charge in [-0.2, -0.15) is 13.2 Å². The smallest absolute Gasteiger partial charge is 0.383 e. The molecule has 1 N–H and O–H groups in total. The van der Waals surface area contributed by atoms with Crippen molar-refractivity contribution in [3.63, 3.8) is 0 Å². The zero-order valence-corrected chi connectivity index (χ0v) is 10.5. The first-order chi connectivity index (χ1) is 9.34. The van der Waals surface area contributed by atoms with E-state index >= 15 is 0 Å². The minimum Gasteiger partial charge on any atom is -0.383 e. The Labute approximate surface area is 110 Å². The minimum atomic E-state index is -4.52. The molecule has 8 heteroatoms. The molecule has 0 saturated heterocycles. The fourth-order valence-corrected chi connectivity index (χ4v) is 1.86. The molecule has 1 heterocycles. The van der Waals surface area contributed by atoms with E-state index in [0.717, 1.165) is 22.8 Å². The van der Waals surface area contributed by atoms with Crippen LogP contribution in [0.4, 0.5) is 13.2 Å². The van der Waals surface area contributed by atoms with E-state index < -0.39 is 22.9 Å². The average Bonchev–Trinajstić information content (AvgIpc) is 2.38. The molecule has 0 saturated carbocycles. The van der Waals surface area contributed by atoms with E-state index in [-0.39, 0.29) is 24.2 Å². The number of halogens is 3. The maximum Gasteiger partial charge on any atom is 0.416 e. The van der Waals surface area contributed by atoms with E-state index in [1.807, 2.05) is 0 Å². The summed E-state index contributed by atoms with van der Waals surface area (Å²) in [7, 11) is 1.42. The first kappa shape index (κ1) is 14.3. The van der Waals surface area contributed by atoms with Crippen molar-refractivity contribution >= 4 is 11.0 Å². The molecule has 2 rings (SSSR count). The summed E-state index contributed by atoms with van der Waals surface area (Å²) < 4.78 is 43.8. The molecule has 2 aromatic rings. The summed E-state index contributed by atoms with van der Waals surface area (Å²) in [5, 5.41) is 0. The number of nitrogens with zero attached hydrogens (tertiary/aromatic N) is 1. The van der Waals surface area contributed by atoms with Crippen LogP contribution < -0.4 is 11.1 Å².